The van der Waals surface area contributed by atoms with Crippen molar-refractivity contribution in [2.75, 3.05) is 4.90 Å². The van der Waals surface area contributed by atoms with Crippen molar-refractivity contribution >= 4 is 27.8 Å². The summed E-state index contributed by atoms with van der Waals surface area (Å²) in [5, 5.41) is 2.34. The minimum absolute atomic E-state index is 0.584. The molecule has 16 rings (SSSR count). The van der Waals surface area contributed by atoms with Gasteiger partial charge in [-0.3, -0.25) is 0 Å². The first-order chi connectivity index (χ1) is 37.2. The fourth-order valence-corrected chi connectivity index (χ4v) is 13.5. The highest BCUT2D eigenvalue weighted by molar-refractivity contribution is 6.00. The van der Waals surface area contributed by atoms with Crippen molar-refractivity contribution in [3.8, 4) is 67.5 Å². The molecule has 12 aromatic rings. The van der Waals surface area contributed by atoms with Crippen LogP contribution in [0.25, 0.3) is 55.3 Å². The number of hydrogen-bond donors (Lipinski definition) is 0. The quantitative estimate of drug-likeness (QED) is 0.172. The van der Waals surface area contributed by atoms with E-state index in [2.05, 4.69) is 278 Å². The Bertz CT molecular complexity index is 4230. The first-order valence-electron chi connectivity index (χ1n) is 25.9. The highest BCUT2D eigenvalue weighted by atomic mass is 16.5. The zero-order valence-corrected chi connectivity index (χ0v) is 40.7. The lowest BCUT2D eigenvalue weighted by Crippen LogP contribution is -2.32. The molecule has 0 radical (unpaired) electrons. The second-order valence-corrected chi connectivity index (χ2v) is 20.2. The van der Waals surface area contributed by atoms with Crippen molar-refractivity contribution in [2.24, 2.45) is 0 Å². The molecule has 3 nitrogen and oxygen atoms in total. The van der Waals surface area contributed by atoms with E-state index in [1.165, 1.54) is 61.0 Å². The molecular formula is C72H45NO2. The van der Waals surface area contributed by atoms with E-state index in [0.29, 0.717) is 0 Å². The maximum absolute atomic E-state index is 6.77. The van der Waals surface area contributed by atoms with Crippen LogP contribution in [-0.4, -0.2) is 0 Å². The van der Waals surface area contributed by atoms with Crippen molar-refractivity contribution < 1.29 is 9.47 Å². The lowest BCUT2D eigenvalue weighted by Gasteiger charge is -2.39. The van der Waals surface area contributed by atoms with Crippen LogP contribution >= 0.6 is 0 Å². The van der Waals surface area contributed by atoms with Gasteiger partial charge in [0.1, 0.15) is 23.0 Å². The highest BCUT2D eigenvalue weighted by Gasteiger charge is 2.53. The Balaban J connectivity index is 0.949. The Labute approximate surface area is 435 Å². The summed E-state index contributed by atoms with van der Waals surface area (Å²) in [5.74, 6) is 3.53. The van der Waals surface area contributed by atoms with E-state index < -0.39 is 10.8 Å². The molecular weight excluding hydrogens is 911 g/mol. The van der Waals surface area contributed by atoms with Gasteiger partial charge >= 0.3 is 0 Å². The lowest BCUT2D eigenvalue weighted by molar-refractivity contribution is 0.436. The molecule has 4 aliphatic rings. The largest absolute Gasteiger partial charge is 0.457 e. The number of para-hydroxylation sites is 5. The van der Waals surface area contributed by atoms with Gasteiger partial charge in [0.25, 0.3) is 0 Å². The number of hydrogen-bond acceptors (Lipinski definition) is 3. The van der Waals surface area contributed by atoms with Crippen LogP contribution in [0.2, 0.25) is 0 Å². The van der Waals surface area contributed by atoms with Gasteiger partial charge in [0, 0.05) is 39.2 Å². The minimum Gasteiger partial charge on any atom is -0.457 e. The Morgan fingerprint density at radius 2 is 0.653 bits per heavy atom. The first-order valence-corrected chi connectivity index (χ1v) is 25.9. The van der Waals surface area contributed by atoms with Gasteiger partial charge in [-0.15, -0.1) is 0 Å². The van der Waals surface area contributed by atoms with Crippen molar-refractivity contribution in [3.63, 3.8) is 0 Å². The molecule has 2 spiro atoms. The second kappa shape index (κ2) is 15.9. The molecule has 0 unspecified atom stereocenters. The molecule has 0 aromatic heterocycles. The van der Waals surface area contributed by atoms with Gasteiger partial charge in [0.2, 0.25) is 0 Å². The monoisotopic (exact) mass is 955 g/mol. The summed E-state index contributed by atoms with van der Waals surface area (Å²) in [6.45, 7) is 0. The van der Waals surface area contributed by atoms with Gasteiger partial charge in [0.05, 0.1) is 16.5 Å². The lowest BCUT2D eigenvalue weighted by atomic mass is 9.66. The van der Waals surface area contributed by atoms with E-state index >= 15 is 0 Å². The number of fused-ring (bicyclic) bond motifs is 19. The van der Waals surface area contributed by atoms with E-state index in [1.807, 2.05) is 0 Å². The number of nitrogens with zero attached hydrogens (tertiary/aromatic N) is 1. The summed E-state index contributed by atoms with van der Waals surface area (Å²) < 4.78 is 13.5. The molecule has 0 bridgehead atoms. The molecule has 0 saturated carbocycles. The van der Waals surface area contributed by atoms with E-state index in [1.54, 1.807) is 0 Å². The van der Waals surface area contributed by atoms with Crippen LogP contribution in [-0.2, 0) is 10.8 Å². The predicted molar refractivity (Wildman–Crippen MR) is 304 cm³/mol. The third kappa shape index (κ3) is 5.81. The van der Waals surface area contributed by atoms with Crippen LogP contribution in [0.4, 0.5) is 17.1 Å². The Morgan fingerprint density at radius 1 is 0.240 bits per heavy atom. The van der Waals surface area contributed by atoms with Crippen molar-refractivity contribution in [3.05, 3.63) is 317 Å². The molecule has 2 aliphatic carbocycles. The van der Waals surface area contributed by atoms with Crippen molar-refractivity contribution in [1.82, 2.24) is 0 Å². The summed E-state index contributed by atoms with van der Waals surface area (Å²) in [5.41, 5.74) is 21.2. The number of benzene rings is 12. The minimum atomic E-state index is -0.630. The molecule has 12 aromatic carbocycles. The van der Waals surface area contributed by atoms with Crippen molar-refractivity contribution in [1.29, 1.82) is 0 Å². The van der Waals surface area contributed by atoms with E-state index in [-0.39, 0.29) is 0 Å². The average molecular weight is 956 g/mol. The van der Waals surface area contributed by atoms with Gasteiger partial charge in [-0.1, -0.05) is 206 Å². The third-order valence-electron chi connectivity index (χ3n) is 16.6. The van der Waals surface area contributed by atoms with E-state index in [9.17, 15) is 0 Å². The second-order valence-electron chi connectivity index (χ2n) is 20.2. The number of ether oxygens (including phenoxy) is 2. The maximum Gasteiger partial charge on any atom is 0.132 e. The van der Waals surface area contributed by atoms with Crippen LogP contribution in [0.1, 0.15) is 44.5 Å². The molecule has 0 fully saturated rings. The zero-order chi connectivity index (χ0) is 49.2. The standard InChI is InChI=1S/C72H45NO2/c1-2-18-46(19-3-1)47-34-36-48(37-35-47)53-20-6-13-29-66(53)73(52-40-41-56-54-21-4-7-23-58(54)72(65(56)45-52)62-27-11-16-32-69(62)75-70-33-17-12-28-63(70)72)51-39-38-49-43-57-55-22-5-8-24-59(55)71(64(57)44-50(49)42-51)60-25-9-14-30-67(60)74-68-31-15-10-26-61(68)71/h1-45H. The fourth-order valence-electron chi connectivity index (χ4n) is 13.5. The Hall–Kier alpha value is -9.70. The smallest absolute Gasteiger partial charge is 0.132 e. The zero-order valence-electron chi connectivity index (χ0n) is 40.7. The summed E-state index contributed by atoms with van der Waals surface area (Å²) >= 11 is 0. The molecule has 0 amide bonds. The molecule has 75 heavy (non-hydrogen) atoms. The van der Waals surface area contributed by atoms with Crippen LogP contribution in [0.15, 0.2) is 273 Å². The molecule has 0 saturated heterocycles. The van der Waals surface area contributed by atoms with Crippen molar-refractivity contribution in [2.45, 2.75) is 10.8 Å². The fraction of sp³-hybridized carbons (Fsp3) is 0.0278. The normalized spacial score (nSPS) is 14.0. The number of anilines is 3. The van der Waals surface area contributed by atoms with E-state index in [4.69, 9.17) is 9.47 Å². The molecule has 350 valence electrons. The molecule has 2 heterocycles. The Kier molecular flexibility index (Phi) is 8.88. The summed E-state index contributed by atoms with van der Waals surface area (Å²) in [4.78, 5) is 2.49. The first kappa shape index (κ1) is 41.9. The molecule has 3 heteroatoms. The summed E-state index contributed by atoms with van der Waals surface area (Å²) in [6.07, 6.45) is 0. The molecule has 0 N–H and O–H groups in total. The third-order valence-corrected chi connectivity index (χ3v) is 16.6. The topological polar surface area (TPSA) is 21.7 Å². The van der Waals surface area contributed by atoms with Gasteiger partial charge < -0.3 is 14.4 Å². The summed E-state index contributed by atoms with van der Waals surface area (Å²) in [7, 11) is 0. The van der Waals surface area contributed by atoms with Crippen LogP contribution in [0, 0.1) is 0 Å². The number of rotatable bonds is 5. The summed E-state index contributed by atoms with van der Waals surface area (Å²) in [6, 6.07) is 100. The highest BCUT2D eigenvalue weighted by Crippen LogP contribution is 2.65. The Morgan fingerprint density at radius 3 is 1.24 bits per heavy atom. The maximum atomic E-state index is 6.77. The van der Waals surface area contributed by atoms with E-state index in [0.717, 1.165) is 78.8 Å². The van der Waals surface area contributed by atoms with Crippen LogP contribution in [0.5, 0.6) is 23.0 Å². The van der Waals surface area contributed by atoms with Gasteiger partial charge in [-0.05, 0) is 139 Å². The van der Waals surface area contributed by atoms with Crippen LogP contribution in [0.3, 0.4) is 0 Å². The van der Waals surface area contributed by atoms with Gasteiger partial charge in [0.15, 0.2) is 0 Å². The SMILES string of the molecule is c1ccc(-c2ccc(-c3ccccc3N(c3ccc4c(c3)C3(c5ccccc5Oc5ccccc53)c3ccccc3-4)c3ccc4cc5c(cc4c3)C3(c4ccccc4Oc4ccccc43)c3ccccc3-5)cc2)cc1. The van der Waals surface area contributed by atoms with Gasteiger partial charge in [-0.25, -0.2) is 0 Å². The molecule has 0 atom stereocenters. The van der Waals surface area contributed by atoms with Gasteiger partial charge in [-0.2, -0.15) is 0 Å². The average Bonchev–Trinajstić information content (AvgIpc) is 4.03. The van der Waals surface area contributed by atoms with Crippen LogP contribution < -0.4 is 14.4 Å². The predicted octanol–water partition coefficient (Wildman–Crippen LogP) is 18.6. The molecule has 2 aliphatic heterocycles.